The third-order valence-electron chi connectivity index (χ3n) is 14.6. The van der Waals surface area contributed by atoms with Crippen LogP contribution in [0.15, 0.2) is 12.2 Å². The number of rotatable bonds is 6. The van der Waals surface area contributed by atoms with Crippen molar-refractivity contribution < 1.29 is 23.9 Å². The molecular formula is C36H57NO5. The maximum atomic E-state index is 12.3. The summed E-state index contributed by atoms with van der Waals surface area (Å²) >= 11 is 0. The van der Waals surface area contributed by atoms with Crippen LogP contribution in [-0.2, 0) is 23.9 Å². The molecule has 11 atom stereocenters. The lowest BCUT2D eigenvalue weighted by molar-refractivity contribution is -0.247. The van der Waals surface area contributed by atoms with E-state index in [1.54, 1.807) is 13.8 Å². The van der Waals surface area contributed by atoms with Crippen LogP contribution < -0.4 is 5.32 Å². The Bertz CT molecular complexity index is 1130. The lowest BCUT2D eigenvalue weighted by Gasteiger charge is -2.73. The fraction of sp³-hybridized carbons (Fsp3) is 0.861. The first-order chi connectivity index (χ1) is 19.5. The molecule has 5 rings (SSSR count). The molecule has 42 heavy (non-hydrogen) atoms. The van der Waals surface area contributed by atoms with E-state index in [1.165, 1.54) is 31.8 Å². The fourth-order valence-electron chi connectivity index (χ4n) is 12.5. The highest BCUT2D eigenvalue weighted by atomic mass is 16.5. The monoisotopic (exact) mass is 583 g/mol. The number of allylic oxidation sites excluding steroid dienone is 1. The van der Waals surface area contributed by atoms with Crippen LogP contribution in [0.25, 0.3) is 0 Å². The molecule has 0 aromatic carbocycles. The van der Waals surface area contributed by atoms with Gasteiger partial charge in [-0.3, -0.25) is 14.4 Å². The Hall–Kier alpha value is -1.85. The molecule has 2 unspecified atom stereocenters. The number of carbonyl (C=O) groups excluding carboxylic acids is 3. The summed E-state index contributed by atoms with van der Waals surface area (Å²) in [5, 5.41) is 3.27. The second-order valence-electron chi connectivity index (χ2n) is 16.4. The van der Waals surface area contributed by atoms with Gasteiger partial charge in [0.05, 0.1) is 13.2 Å². The smallest absolute Gasteiger partial charge is 0.302 e. The Balaban J connectivity index is 1.50. The maximum Gasteiger partial charge on any atom is 0.302 e. The Morgan fingerprint density at radius 1 is 0.738 bits per heavy atom. The second-order valence-corrected chi connectivity index (χ2v) is 16.4. The van der Waals surface area contributed by atoms with Crippen LogP contribution in [0.5, 0.6) is 0 Å². The Kier molecular flexibility index (Phi) is 8.00. The van der Waals surface area contributed by atoms with Gasteiger partial charge < -0.3 is 14.8 Å². The average molecular weight is 584 g/mol. The Morgan fingerprint density at radius 2 is 1.40 bits per heavy atom. The molecule has 0 bridgehead atoms. The Labute approximate surface area is 254 Å². The minimum absolute atomic E-state index is 0.00519. The first kappa shape index (κ1) is 31.6. The van der Waals surface area contributed by atoms with E-state index >= 15 is 0 Å². The van der Waals surface area contributed by atoms with Crippen LogP contribution in [-0.4, -0.2) is 37.1 Å². The van der Waals surface area contributed by atoms with E-state index in [0.717, 1.165) is 44.9 Å². The molecule has 5 fully saturated rings. The standard InChI is InChI=1S/C36H57NO5/c1-22(2)26-12-17-36(21-42-25(5)40)19-18-34(8)27(31(26)36)10-11-29-32(6)15-14-30(37-23(3)38)33(7,20-41-24(4)39)28(32)13-16-35(29,34)9/h26-31H,1,10-21H2,2-9H3,(H,37,38)/t26-,27+,28+,29+,30?,31+,32-,33?,34+,35+,36+/m0/s1. The third-order valence-corrected chi connectivity index (χ3v) is 14.6. The van der Waals surface area contributed by atoms with Gasteiger partial charge in [0.2, 0.25) is 5.91 Å². The summed E-state index contributed by atoms with van der Waals surface area (Å²) in [6.07, 6.45) is 11.3. The van der Waals surface area contributed by atoms with Gasteiger partial charge in [0, 0.05) is 37.6 Å². The summed E-state index contributed by atoms with van der Waals surface area (Å²) in [4.78, 5) is 36.3. The molecule has 0 heterocycles. The molecule has 5 aliphatic carbocycles. The van der Waals surface area contributed by atoms with Gasteiger partial charge >= 0.3 is 11.9 Å². The summed E-state index contributed by atoms with van der Waals surface area (Å²) in [5.74, 6) is 2.13. The van der Waals surface area contributed by atoms with Crippen LogP contribution in [0.4, 0.5) is 0 Å². The SMILES string of the molecule is C=C(C)[C@@H]1CC[C@]2(COC(C)=O)CC[C@]3(C)[C@H](CC[C@@H]4[C@@]5(C)CCC(NC(C)=O)C(C)(COC(C)=O)[C@@H]5CC[C@]43C)[C@@H]12. The molecule has 6 heteroatoms. The largest absolute Gasteiger partial charge is 0.465 e. The normalized spacial score (nSPS) is 47.6. The van der Waals surface area contributed by atoms with Crippen molar-refractivity contribution in [2.45, 2.75) is 126 Å². The molecule has 5 aliphatic rings. The van der Waals surface area contributed by atoms with Gasteiger partial charge in [-0.1, -0.05) is 39.8 Å². The van der Waals surface area contributed by atoms with Gasteiger partial charge in [0.1, 0.15) is 0 Å². The lowest BCUT2D eigenvalue weighted by atomic mass is 9.32. The molecule has 0 aromatic heterocycles. The number of hydrogen-bond donors (Lipinski definition) is 1. The summed E-state index contributed by atoms with van der Waals surface area (Å²) in [6.45, 7) is 22.3. The molecule has 6 nitrogen and oxygen atoms in total. The first-order valence-corrected chi connectivity index (χ1v) is 16.7. The number of amides is 1. The van der Waals surface area contributed by atoms with E-state index in [0.29, 0.717) is 42.8 Å². The number of ether oxygens (including phenoxy) is 2. The first-order valence-electron chi connectivity index (χ1n) is 16.7. The fourth-order valence-corrected chi connectivity index (χ4v) is 12.5. The number of fused-ring (bicyclic) bond motifs is 7. The zero-order valence-electron chi connectivity index (χ0n) is 27.7. The van der Waals surface area contributed by atoms with Crippen molar-refractivity contribution in [1.82, 2.24) is 5.32 Å². The van der Waals surface area contributed by atoms with E-state index in [-0.39, 0.29) is 51.0 Å². The minimum Gasteiger partial charge on any atom is -0.465 e. The molecule has 0 aromatic rings. The summed E-state index contributed by atoms with van der Waals surface area (Å²) < 4.78 is 11.6. The topological polar surface area (TPSA) is 81.7 Å². The van der Waals surface area contributed by atoms with E-state index in [2.05, 4.69) is 46.5 Å². The molecule has 1 amide bonds. The predicted molar refractivity (Wildman–Crippen MR) is 164 cm³/mol. The average Bonchev–Trinajstić information content (AvgIpc) is 3.29. The molecule has 0 saturated heterocycles. The highest BCUT2D eigenvalue weighted by Crippen LogP contribution is 2.77. The predicted octanol–water partition coefficient (Wildman–Crippen LogP) is 7.26. The van der Waals surface area contributed by atoms with Gasteiger partial charge in [-0.25, -0.2) is 0 Å². The molecular weight excluding hydrogens is 526 g/mol. The zero-order valence-corrected chi connectivity index (χ0v) is 27.7. The second kappa shape index (κ2) is 10.6. The molecule has 236 valence electrons. The van der Waals surface area contributed by atoms with E-state index in [9.17, 15) is 14.4 Å². The number of esters is 2. The highest BCUT2D eigenvalue weighted by Gasteiger charge is 2.71. The summed E-state index contributed by atoms with van der Waals surface area (Å²) in [5.41, 5.74) is 1.58. The number of carbonyl (C=O) groups is 3. The van der Waals surface area contributed by atoms with Crippen molar-refractivity contribution >= 4 is 17.8 Å². The highest BCUT2D eigenvalue weighted by molar-refractivity contribution is 5.73. The van der Waals surface area contributed by atoms with E-state index in [4.69, 9.17) is 9.47 Å². The van der Waals surface area contributed by atoms with Gasteiger partial charge in [-0.15, -0.1) is 0 Å². The maximum absolute atomic E-state index is 12.3. The van der Waals surface area contributed by atoms with Crippen LogP contribution >= 0.6 is 0 Å². The van der Waals surface area contributed by atoms with Crippen LogP contribution in [0.1, 0.15) is 120 Å². The minimum atomic E-state index is -0.300. The van der Waals surface area contributed by atoms with Gasteiger partial charge in [0.25, 0.3) is 0 Å². The van der Waals surface area contributed by atoms with Crippen LogP contribution in [0.2, 0.25) is 0 Å². The molecule has 5 saturated carbocycles. The quantitative estimate of drug-likeness (QED) is 0.263. The van der Waals surface area contributed by atoms with Crippen molar-refractivity contribution in [1.29, 1.82) is 0 Å². The molecule has 0 spiro atoms. The van der Waals surface area contributed by atoms with Crippen LogP contribution in [0.3, 0.4) is 0 Å². The molecule has 0 aliphatic heterocycles. The lowest BCUT2D eigenvalue weighted by Crippen LogP contribution is -2.68. The molecule has 0 radical (unpaired) electrons. The van der Waals surface area contributed by atoms with Gasteiger partial charge in [0.15, 0.2) is 0 Å². The van der Waals surface area contributed by atoms with Gasteiger partial charge in [-0.2, -0.15) is 0 Å². The Morgan fingerprint density at radius 3 is 2.02 bits per heavy atom. The number of hydrogen-bond acceptors (Lipinski definition) is 5. The third kappa shape index (κ3) is 4.59. The summed E-state index contributed by atoms with van der Waals surface area (Å²) in [6, 6.07) is 0.00935. The molecule has 1 N–H and O–H groups in total. The van der Waals surface area contributed by atoms with E-state index < -0.39 is 0 Å². The van der Waals surface area contributed by atoms with Crippen molar-refractivity contribution in [3.63, 3.8) is 0 Å². The van der Waals surface area contributed by atoms with Crippen molar-refractivity contribution in [2.24, 2.45) is 56.7 Å². The van der Waals surface area contributed by atoms with Crippen molar-refractivity contribution in [2.75, 3.05) is 13.2 Å². The zero-order chi connectivity index (χ0) is 30.9. The van der Waals surface area contributed by atoms with Crippen LogP contribution in [0, 0.1) is 56.7 Å². The van der Waals surface area contributed by atoms with Crippen molar-refractivity contribution in [3.8, 4) is 0 Å². The number of nitrogens with one attached hydrogen (secondary N) is 1. The van der Waals surface area contributed by atoms with Crippen molar-refractivity contribution in [3.05, 3.63) is 12.2 Å². The van der Waals surface area contributed by atoms with Gasteiger partial charge in [-0.05, 0) is 117 Å². The summed E-state index contributed by atoms with van der Waals surface area (Å²) in [7, 11) is 0. The van der Waals surface area contributed by atoms with E-state index in [1.807, 2.05) is 0 Å².